The number of benzene rings is 1. The van der Waals surface area contributed by atoms with Gasteiger partial charge in [-0.2, -0.15) is 18.4 Å². The average Bonchev–Trinajstić information content (AvgIpc) is 3.62. The molecule has 4 N–H and O–H groups in total. The van der Waals surface area contributed by atoms with Gasteiger partial charge in [-0.3, -0.25) is 10.3 Å². The van der Waals surface area contributed by atoms with Crippen LogP contribution in [0, 0.1) is 17.2 Å². The quantitative estimate of drug-likeness (QED) is 0.596. The fraction of sp³-hybridized carbons (Fsp3) is 0.478. The van der Waals surface area contributed by atoms with Crippen LogP contribution < -0.4 is 15.8 Å². The number of nitrogens with one attached hydrogen (secondary N) is 1. The third-order valence-corrected chi connectivity index (χ3v) is 5.35. The largest absolute Gasteiger partial charge is 0.507 e. The highest BCUT2D eigenvalue weighted by Gasteiger charge is 2.35. The number of rotatable bonds is 6. The molecule has 1 saturated heterocycles. The van der Waals surface area contributed by atoms with E-state index in [-0.39, 0.29) is 11.8 Å². The van der Waals surface area contributed by atoms with E-state index in [2.05, 4.69) is 10.3 Å². The van der Waals surface area contributed by atoms with E-state index in [0.717, 1.165) is 12.8 Å². The predicted molar refractivity (Wildman–Crippen MR) is 114 cm³/mol. The van der Waals surface area contributed by atoms with Crippen molar-refractivity contribution in [3.05, 3.63) is 53.9 Å². The Morgan fingerprint density at radius 1 is 1.18 bits per heavy atom. The molecule has 2 aliphatic rings. The zero-order valence-corrected chi connectivity index (χ0v) is 18.0. The van der Waals surface area contributed by atoms with E-state index in [1.807, 2.05) is 6.07 Å². The molecule has 3 atom stereocenters. The lowest BCUT2D eigenvalue weighted by molar-refractivity contribution is -0.190. The Bertz CT molecular complexity index is 933. The van der Waals surface area contributed by atoms with Crippen LogP contribution in [0.2, 0.25) is 0 Å². The number of aromatic hydroxyl groups is 1. The maximum absolute atomic E-state index is 12.3. The lowest BCUT2D eigenvalue weighted by atomic mass is 9.93. The molecule has 33 heavy (non-hydrogen) atoms. The van der Waals surface area contributed by atoms with Crippen LogP contribution >= 0.6 is 0 Å². The maximum Gasteiger partial charge on any atom is 0.411 e. The van der Waals surface area contributed by atoms with Crippen molar-refractivity contribution in [1.29, 1.82) is 5.26 Å². The number of phenols is 1. The first-order valence-corrected chi connectivity index (χ1v) is 10.7. The van der Waals surface area contributed by atoms with Gasteiger partial charge in [0.1, 0.15) is 24.2 Å². The van der Waals surface area contributed by atoms with Crippen LogP contribution in [0.15, 0.2) is 42.7 Å². The molecular weight excluding hydrogens is 437 g/mol. The molecule has 2 fully saturated rings. The SMILES string of the molecule is N#Cc1cccnc1.NC1NC(c2c(O)cccc2OCC2CC2)CCC1OCC(F)(F)F. The number of phenolic OH excluding ortho intramolecular Hbond substituents is 1. The van der Waals surface area contributed by atoms with Crippen LogP contribution in [-0.2, 0) is 4.74 Å². The number of nitrogens with two attached hydrogens (primary N) is 1. The van der Waals surface area contributed by atoms with Gasteiger partial charge in [0.05, 0.1) is 30.0 Å². The van der Waals surface area contributed by atoms with E-state index in [1.54, 1.807) is 36.5 Å². The summed E-state index contributed by atoms with van der Waals surface area (Å²) in [5, 5.41) is 21.5. The van der Waals surface area contributed by atoms with E-state index in [1.165, 1.54) is 6.20 Å². The maximum atomic E-state index is 12.3. The number of alkyl halides is 3. The highest BCUT2D eigenvalue weighted by molar-refractivity contribution is 5.46. The van der Waals surface area contributed by atoms with Crippen molar-refractivity contribution in [3.63, 3.8) is 0 Å². The van der Waals surface area contributed by atoms with E-state index < -0.39 is 25.1 Å². The number of hydrogen-bond acceptors (Lipinski definition) is 7. The Labute approximate surface area is 190 Å². The minimum Gasteiger partial charge on any atom is -0.507 e. The summed E-state index contributed by atoms with van der Waals surface area (Å²) in [5.74, 6) is 1.25. The van der Waals surface area contributed by atoms with Crippen LogP contribution in [0.3, 0.4) is 0 Å². The van der Waals surface area contributed by atoms with Gasteiger partial charge in [-0.15, -0.1) is 0 Å². The molecule has 178 valence electrons. The number of hydrogen-bond donors (Lipinski definition) is 3. The van der Waals surface area contributed by atoms with Crippen molar-refractivity contribution in [1.82, 2.24) is 10.3 Å². The fourth-order valence-electron chi connectivity index (χ4n) is 3.48. The molecule has 1 aromatic heterocycles. The molecule has 0 spiro atoms. The van der Waals surface area contributed by atoms with Gasteiger partial charge in [-0.05, 0) is 55.9 Å². The molecule has 2 heterocycles. The Balaban J connectivity index is 0.000000323. The number of pyridine rings is 1. The van der Waals surface area contributed by atoms with E-state index in [4.69, 9.17) is 20.5 Å². The molecule has 0 radical (unpaired) electrons. The monoisotopic (exact) mass is 464 g/mol. The lowest BCUT2D eigenvalue weighted by Gasteiger charge is -2.36. The van der Waals surface area contributed by atoms with Crippen LogP contribution in [0.25, 0.3) is 0 Å². The van der Waals surface area contributed by atoms with Gasteiger partial charge in [0.15, 0.2) is 0 Å². The van der Waals surface area contributed by atoms with Gasteiger partial charge in [0, 0.05) is 18.4 Å². The fourth-order valence-corrected chi connectivity index (χ4v) is 3.48. The highest BCUT2D eigenvalue weighted by Crippen LogP contribution is 2.39. The topological polar surface area (TPSA) is 113 Å². The molecule has 4 rings (SSSR count). The number of nitriles is 1. The summed E-state index contributed by atoms with van der Waals surface area (Å²) in [6.45, 7) is -0.712. The van der Waals surface area contributed by atoms with Crippen molar-refractivity contribution in [2.24, 2.45) is 11.7 Å². The van der Waals surface area contributed by atoms with Crippen LogP contribution in [0.1, 0.15) is 42.9 Å². The Kier molecular flexibility index (Phi) is 8.49. The minimum absolute atomic E-state index is 0.0904. The van der Waals surface area contributed by atoms with E-state index in [0.29, 0.717) is 42.2 Å². The number of aromatic nitrogens is 1. The molecule has 2 aromatic rings. The average molecular weight is 464 g/mol. The number of piperidine rings is 1. The summed E-state index contributed by atoms with van der Waals surface area (Å²) in [6.07, 6.45) is 0.479. The lowest BCUT2D eigenvalue weighted by Crippen LogP contribution is -2.53. The van der Waals surface area contributed by atoms with Gasteiger partial charge < -0.3 is 20.3 Å². The van der Waals surface area contributed by atoms with Crippen molar-refractivity contribution in [3.8, 4) is 17.6 Å². The molecule has 1 aliphatic heterocycles. The molecule has 0 amide bonds. The van der Waals surface area contributed by atoms with E-state index >= 15 is 0 Å². The summed E-state index contributed by atoms with van der Waals surface area (Å²) in [6, 6.07) is 10.2. The minimum atomic E-state index is -4.38. The first kappa shape index (κ1) is 24.8. The molecule has 1 aliphatic carbocycles. The summed E-state index contributed by atoms with van der Waals surface area (Å²) in [5.41, 5.74) is 7.15. The number of ether oxygens (including phenoxy) is 2. The van der Waals surface area contributed by atoms with Gasteiger partial charge in [0.2, 0.25) is 0 Å². The van der Waals surface area contributed by atoms with Crippen molar-refractivity contribution < 1.29 is 27.8 Å². The molecule has 3 unspecified atom stereocenters. The standard InChI is InChI=1S/C17H23F3N2O3.C6H4N2/c18-17(19,20)9-25-14-7-6-11(22-16(14)21)15-12(23)2-1-3-13(15)24-8-10-4-5-10;7-4-6-2-1-3-8-5-6/h1-3,10-11,14,16,22-23H,4-9,21H2;1-3,5H. The zero-order valence-electron chi connectivity index (χ0n) is 18.0. The summed E-state index contributed by atoms with van der Waals surface area (Å²) in [4.78, 5) is 3.73. The third kappa shape index (κ3) is 7.89. The zero-order chi connectivity index (χ0) is 23.8. The number of halogens is 3. The van der Waals surface area contributed by atoms with Crippen molar-refractivity contribution in [2.75, 3.05) is 13.2 Å². The first-order valence-electron chi connectivity index (χ1n) is 10.7. The van der Waals surface area contributed by atoms with Crippen LogP contribution in [0.4, 0.5) is 13.2 Å². The molecule has 10 heteroatoms. The number of nitrogens with zero attached hydrogens (tertiary/aromatic N) is 2. The molecule has 1 saturated carbocycles. The normalized spacial score (nSPS) is 22.6. The molecular formula is C23H27F3N4O3. The van der Waals surface area contributed by atoms with Gasteiger partial charge >= 0.3 is 6.18 Å². The van der Waals surface area contributed by atoms with E-state index in [9.17, 15) is 18.3 Å². The molecule has 1 aromatic carbocycles. The Morgan fingerprint density at radius 3 is 2.55 bits per heavy atom. The van der Waals surface area contributed by atoms with Gasteiger partial charge in [-0.1, -0.05) is 6.07 Å². The predicted octanol–water partition coefficient (Wildman–Crippen LogP) is 3.79. The van der Waals surface area contributed by atoms with Crippen molar-refractivity contribution >= 4 is 0 Å². The highest BCUT2D eigenvalue weighted by atomic mass is 19.4. The first-order chi connectivity index (χ1) is 15.8. The summed E-state index contributed by atoms with van der Waals surface area (Å²) < 4.78 is 47.6. The molecule has 7 nitrogen and oxygen atoms in total. The summed E-state index contributed by atoms with van der Waals surface area (Å²) in [7, 11) is 0. The third-order valence-electron chi connectivity index (χ3n) is 5.35. The Morgan fingerprint density at radius 2 is 1.97 bits per heavy atom. The smallest absolute Gasteiger partial charge is 0.411 e. The van der Waals surface area contributed by atoms with Gasteiger partial charge in [-0.25, -0.2) is 0 Å². The summed E-state index contributed by atoms with van der Waals surface area (Å²) >= 11 is 0. The second kappa shape index (κ2) is 11.3. The van der Waals surface area contributed by atoms with Crippen LogP contribution in [-0.4, -0.2) is 41.8 Å². The Hall–Kier alpha value is -2.87. The molecule has 0 bridgehead atoms. The van der Waals surface area contributed by atoms with Gasteiger partial charge in [0.25, 0.3) is 0 Å². The van der Waals surface area contributed by atoms with Crippen LogP contribution in [0.5, 0.6) is 11.5 Å². The van der Waals surface area contributed by atoms with Crippen molar-refractivity contribution in [2.45, 2.75) is 50.2 Å². The second-order valence-corrected chi connectivity index (χ2v) is 8.08. The second-order valence-electron chi connectivity index (χ2n) is 8.08.